The van der Waals surface area contributed by atoms with Gasteiger partial charge in [-0.2, -0.15) is 9.97 Å². The fraction of sp³-hybridized carbons (Fsp3) is 0.600. The van der Waals surface area contributed by atoms with Gasteiger partial charge in [0.1, 0.15) is 11.0 Å². The van der Waals surface area contributed by atoms with Gasteiger partial charge < -0.3 is 26.4 Å². The predicted molar refractivity (Wildman–Crippen MR) is 105 cm³/mol. The number of nitrogens with one attached hydrogen (secondary N) is 4. The Kier molecular flexibility index (Phi) is 7.85. The van der Waals surface area contributed by atoms with Crippen LogP contribution in [0.1, 0.15) is 27.2 Å². The molecule has 0 radical (unpaired) electrons. The first-order valence-corrected chi connectivity index (χ1v) is 8.13. The first-order valence-electron chi connectivity index (χ1n) is 8.13. The molecule has 2 heterocycles. The third kappa shape index (κ3) is 4.93. The van der Waals surface area contributed by atoms with Crippen LogP contribution < -0.4 is 21.3 Å². The summed E-state index contributed by atoms with van der Waals surface area (Å²) in [6.45, 7) is 6.47. The summed E-state index contributed by atoms with van der Waals surface area (Å²) in [6.07, 6.45) is 0.436. The summed E-state index contributed by atoms with van der Waals surface area (Å²) in [7, 11) is 3.52. The number of halogens is 1. The van der Waals surface area contributed by atoms with Crippen molar-refractivity contribution in [3.8, 4) is 0 Å². The highest BCUT2D eigenvalue weighted by molar-refractivity contribution is 5.94. The van der Waals surface area contributed by atoms with Gasteiger partial charge in [-0.05, 0) is 20.3 Å². The van der Waals surface area contributed by atoms with Crippen LogP contribution in [0.25, 0.3) is 11.0 Å². The lowest BCUT2D eigenvalue weighted by atomic mass is 10.2. The van der Waals surface area contributed by atoms with Crippen molar-refractivity contribution < 1.29 is 5.11 Å². The molecule has 2 atom stereocenters. The number of fused-ring (bicyclic) bond motifs is 1. The molecule has 0 aliphatic heterocycles. The van der Waals surface area contributed by atoms with E-state index in [0.29, 0.717) is 34.6 Å². The molecule has 0 aromatic carbocycles. The second kappa shape index (κ2) is 9.38. The minimum Gasteiger partial charge on any atom is -0.391 e. The van der Waals surface area contributed by atoms with E-state index in [1.165, 1.54) is 0 Å². The van der Waals surface area contributed by atoms with Crippen molar-refractivity contribution in [2.24, 2.45) is 0 Å². The minimum absolute atomic E-state index is 0. The molecule has 140 valence electrons. The Morgan fingerprint density at radius 2 is 1.44 bits per heavy atom. The Hall–Kier alpha value is -2.13. The number of anilines is 4. The lowest BCUT2D eigenvalue weighted by Gasteiger charge is -2.19. The van der Waals surface area contributed by atoms with Crippen molar-refractivity contribution in [2.45, 2.75) is 39.3 Å². The van der Waals surface area contributed by atoms with E-state index in [1.807, 2.05) is 6.92 Å². The SMILES string of the molecule is CCCNc1nc(NC)nc2c(NC(C)C(C)O)nc(NC)nc12.Cl. The van der Waals surface area contributed by atoms with Gasteiger partial charge in [-0.3, -0.25) is 0 Å². The molecule has 2 aromatic rings. The zero-order valence-electron chi connectivity index (χ0n) is 15.2. The van der Waals surface area contributed by atoms with Crippen LogP contribution in [0.15, 0.2) is 0 Å². The van der Waals surface area contributed by atoms with Gasteiger partial charge in [-0.1, -0.05) is 6.92 Å². The van der Waals surface area contributed by atoms with Gasteiger partial charge >= 0.3 is 0 Å². The van der Waals surface area contributed by atoms with Crippen molar-refractivity contribution in [3.05, 3.63) is 0 Å². The number of aliphatic hydroxyl groups is 1. The van der Waals surface area contributed by atoms with Crippen molar-refractivity contribution in [1.82, 2.24) is 19.9 Å². The maximum Gasteiger partial charge on any atom is 0.225 e. The van der Waals surface area contributed by atoms with E-state index >= 15 is 0 Å². The zero-order valence-corrected chi connectivity index (χ0v) is 16.0. The summed E-state index contributed by atoms with van der Waals surface area (Å²) in [5.74, 6) is 2.15. The van der Waals surface area contributed by atoms with Gasteiger partial charge in [0.15, 0.2) is 11.6 Å². The van der Waals surface area contributed by atoms with Gasteiger partial charge in [0, 0.05) is 20.6 Å². The molecule has 10 heteroatoms. The van der Waals surface area contributed by atoms with Crippen molar-refractivity contribution in [2.75, 3.05) is 41.9 Å². The van der Waals surface area contributed by atoms with Crippen molar-refractivity contribution >= 4 is 47.0 Å². The van der Waals surface area contributed by atoms with Gasteiger partial charge in [0.05, 0.1) is 12.1 Å². The molecule has 0 spiro atoms. The van der Waals surface area contributed by atoms with Gasteiger partial charge in [-0.15, -0.1) is 12.4 Å². The second-order valence-corrected chi connectivity index (χ2v) is 5.59. The van der Waals surface area contributed by atoms with Crippen LogP contribution in [-0.4, -0.2) is 57.8 Å². The van der Waals surface area contributed by atoms with Crippen LogP contribution in [0, 0.1) is 0 Å². The third-order valence-electron chi connectivity index (χ3n) is 3.62. The summed E-state index contributed by atoms with van der Waals surface area (Å²) >= 11 is 0. The van der Waals surface area contributed by atoms with Crippen LogP contribution in [0.2, 0.25) is 0 Å². The molecule has 0 saturated heterocycles. The molecule has 2 aromatic heterocycles. The van der Waals surface area contributed by atoms with Gasteiger partial charge in [0.25, 0.3) is 0 Å². The highest BCUT2D eigenvalue weighted by Gasteiger charge is 2.18. The summed E-state index contributed by atoms with van der Waals surface area (Å²) in [5, 5.41) is 22.2. The van der Waals surface area contributed by atoms with Crippen LogP contribution in [0.5, 0.6) is 0 Å². The number of nitrogens with zero attached hydrogens (tertiary/aromatic N) is 4. The Morgan fingerprint density at radius 1 is 0.920 bits per heavy atom. The average Bonchev–Trinajstić information content (AvgIpc) is 2.59. The van der Waals surface area contributed by atoms with Crippen molar-refractivity contribution in [3.63, 3.8) is 0 Å². The second-order valence-electron chi connectivity index (χ2n) is 5.59. The standard InChI is InChI=1S/C15H26N8O.ClH/c1-6-7-18-12-10-11(21-14(16-4)22-12)13(19-8(2)9(3)24)23-15(17-5)20-10;/h8-9,24H,6-7H2,1-5H3,(H2,16,18,21,22)(H2,17,19,20,23);1H. The molecule has 25 heavy (non-hydrogen) atoms. The third-order valence-corrected chi connectivity index (χ3v) is 3.62. The molecule has 5 N–H and O–H groups in total. The lowest BCUT2D eigenvalue weighted by molar-refractivity contribution is 0.178. The lowest BCUT2D eigenvalue weighted by Crippen LogP contribution is -2.28. The highest BCUT2D eigenvalue weighted by atomic mass is 35.5. The smallest absolute Gasteiger partial charge is 0.225 e. The molecule has 0 amide bonds. The predicted octanol–water partition coefficient (Wildman–Crippen LogP) is 1.93. The Labute approximate surface area is 153 Å². The maximum atomic E-state index is 9.77. The molecule has 0 aliphatic carbocycles. The molecule has 2 rings (SSSR count). The van der Waals surface area contributed by atoms with Gasteiger partial charge in [0.2, 0.25) is 11.9 Å². The van der Waals surface area contributed by atoms with Gasteiger partial charge in [-0.25, -0.2) is 9.97 Å². The number of hydrogen-bond donors (Lipinski definition) is 5. The molecular formula is C15H27ClN8O. The molecule has 2 unspecified atom stereocenters. The fourth-order valence-corrected chi connectivity index (χ4v) is 2.04. The molecule has 0 fully saturated rings. The Morgan fingerprint density at radius 3 is 1.92 bits per heavy atom. The average molecular weight is 371 g/mol. The highest BCUT2D eigenvalue weighted by Crippen LogP contribution is 2.27. The van der Waals surface area contributed by atoms with E-state index in [2.05, 4.69) is 48.1 Å². The van der Waals surface area contributed by atoms with E-state index < -0.39 is 6.10 Å². The number of rotatable bonds is 8. The number of aromatic nitrogens is 4. The molecule has 0 bridgehead atoms. The van der Waals surface area contributed by atoms with Crippen LogP contribution in [0.4, 0.5) is 23.5 Å². The summed E-state index contributed by atoms with van der Waals surface area (Å²) in [5.41, 5.74) is 1.22. The Balaban J connectivity index is 0.00000312. The van der Waals surface area contributed by atoms with E-state index in [0.717, 1.165) is 13.0 Å². The largest absolute Gasteiger partial charge is 0.391 e. The molecular weight excluding hydrogens is 344 g/mol. The van der Waals surface area contributed by atoms with Crippen LogP contribution in [-0.2, 0) is 0 Å². The quantitative estimate of drug-likeness (QED) is 0.474. The van der Waals surface area contributed by atoms with E-state index in [-0.39, 0.29) is 18.4 Å². The van der Waals surface area contributed by atoms with Crippen LogP contribution >= 0.6 is 12.4 Å². The topological polar surface area (TPSA) is 120 Å². The Bertz CT molecular complexity index is 697. The normalized spacial score (nSPS) is 12.9. The van der Waals surface area contributed by atoms with E-state index in [1.54, 1.807) is 21.0 Å². The first-order chi connectivity index (χ1) is 11.5. The molecule has 9 nitrogen and oxygen atoms in total. The monoisotopic (exact) mass is 370 g/mol. The summed E-state index contributed by atoms with van der Waals surface area (Å²) in [4.78, 5) is 17.9. The van der Waals surface area contributed by atoms with E-state index in [9.17, 15) is 5.11 Å². The zero-order chi connectivity index (χ0) is 17.7. The minimum atomic E-state index is -0.531. The first kappa shape index (κ1) is 20.9. The van der Waals surface area contributed by atoms with Crippen molar-refractivity contribution in [1.29, 1.82) is 0 Å². The van der Waals surface area contributed by atoms with Crippen LogP contribution in [0.3, 0.4) is 0 Å². The fourth-order valence-electron chi connectivity index (χ4n) is 2.04. The summed E-state index contributed by atoms with van der Waals surface area (Å²) in [6, 6.07) is -0.187. The molecule has 0 aliphatic rings. The number of aliphatic hydroxyl groups excluding tert-OH is 1. The summed E-state index contributed by atoms with van der Waals surface area (Å²) < 4.78 is 0. The maximum absolute atomic E-state index is 9.77. The van der Waals surface area contributed by atoms with E-state index in [4.69, 9.17) is 0 Å². The molecule has 0 saturated carbocycles. The number of hydrogen-bond acceptors (Lipinski definition) is 9.